The van der Waals surface area contributed by atoms with Gasteiger partial charge in [0.25, 0.3) is 5.91 Å². The smallest absolute Gasteiger partial charge is 0.251 e. The third kappa shape index (κ3) is 6.15. The van der Waals surface area contributed by atoms with E-state index in [0.717, 1.165) is 15.7 Å². The number of carbonyl (C=O) groups excluding carboxylic acids is 3. The summed E-state index contributed by atoms with van der Waals surface area (Å²) < 4.78 is 0.854. The van der Waals surface area contributed by atoms with Gasteiger partial charge in [-0.3, -0.25) is 14.4 Å². The Hall–Kier alpha value is -2.67. The van der Waals surface area contributed by atoms with Crippen molar-refractivity contribution >= 4 is 39.3 Å². The predicted octanol–water partition coefficient (Wildman–Crippen LogP) is 3.28. The van der Waals surface area contributed by atoms with E-state index < -0.39 is 0 Å². The van der Waals surface area contributed by atoms with Crippen LogP contribution in [0, 0.1) is 5.92 Å². The maximum absolute atomic E-state index is 12.2. The van der Waals surface area contributed by atoms with Gasteiger partial charge in [-0.25, -0.2) is 0 Å². The minimum atomic E-state index is -0.180. The summed E-state index contributed by atoms with van der Waals surface area (Å²) in [5, 5.41) is 8.59. The van der Waals surface area contributed by atoms with Gasteiger partial charge in [-0.05, 0) is 49.1 Å². The Morgan fingerprint density at radius 1 is 1.07 bits per heavy atom. The number of nitrogens with one attached hydrogen (secondary N) is 3. The highest BCUT2D eigenvalue weighted by Crippen LogP contribution is 2.27. The molecule has 0 saturated heterocycles. The van der Waals surface area contributed by atoms with Crippen LogP contribution in [0.1, 0.15) is 35.2 Å². The fourth-order valence-electron chi connectivity index (χ4n) is 3.29. The van der Waals surface area contributed by atoms with Crippen molar-refractivity contribution in [3.63, 3.8) is 0 Å². The van der Waals surface area contributed by atoms with Crippen LogP contribution >= 0.6 is 15.9 Å². The van der Waals surface area contributed by atoms with Crippen LogP contribution in [0.4, 0.5) is 5.69 Å². The molecule has 29 heavy (non-hydrogen) atoms. The monoisotopic (exact) mass is 457 g/mol. The number of benzene rings is 2. The van der Waals surface area contributed by atoms with Gasteiger partial charge in [0.2, 0.25) is 11.8 Å². The lowest BCUT2D eigenvalue weighted by molar-refractivity contribution is -0.122. The van der Waals surface area contributed by atoms with Crippen molar-refractivity contribution in [2.75, 3.05) is 18.4 Å². The molecule has 6 nitrogen and oxygen atoms in total. The van der Waals surface area contributed by atoms with Crippen molar-refractivity contribution in [3.05, 3.63) is 64.1 Å². The summed E-state index contributed by atoms with van der Waals surface area (Å²) in [7, 11) is 0. The summed E-state index contributed by atoms with van der Waals surface area (Å²) in [5.74, 6) is -0.414. The normalized spacial score (nSPS) is 15.2. The Labute approximate surface area is 178 Å². The Morgan fingerprint density at radius 2 is 1.86 bits per heavy atom. The van der Waals surface area contributed by atoms with Crippen molar-refractivity contribution in [1.82, 2.24) is 10.6 Å². The molecule has 2 aromatic rings. The van der Waals surface area contributed by atoms with E-state index in [2.05, 4.69) is 31.9 Å². The van der Waals surface area contributed by atoms with Crippen molar-refractivity contribution < 1.29 is 14.4 Å². The summed E-state index contributed by atoms with van der Waals surface area (Å²) in [6.45, 7) is 0.963. The minimum Gasteiger partial charge on any atom is -0.356 e. The van der Waals surface area contributed by atoms with Crippen LogP contribution in [0.15, 0.2) is 53.0 Å². The molecule has 7 heteroatoms. The van der Waals surface area contributed by atoms with Crippen LogP contribution in [0.25, 0.3) is 0 Å². The molecule has 0 saturated carbocycles. The van der Waals surface area contributed by atoms with Gasteiger partial charge in [0.15, 0.2) is 0 Å². The van der Waals surface area contributed by atoms with E-state index in [-0.39, 0.29) is 23.6 Å². The number of hydrogen-bond donors (Lipinski definition) is 3. The van der Waals surface area contributed by atoms with Gasteiger partial charge in [-0.15, -0.1) is 0 Å². The molecule has 0 spiro atoms. The summed E-state index contributed by atoms with van der Waals surface area (Å²) in [6, 6.07) is 14.9. The van der Waals surface area contributed by atoms with Gasteiger partial charge in [-0.2, -0.15) is 0 Å². The van der Waals surface area contributed by atoms with E-state index in [4.69, 9.17) is 0 Å². The van der Waals surface area contributed by atoms with E-state index in [1.165, 1.54) is 0 Å². The van der Waals surface area contributed by atoms with Crippen LogP contribution in [-0.2, 0) is 16.0 Å². The topological polar surface area (TPSA) is 87.3 Å². The Balaban J connectivity index is 1.31. The molecule has 1 atom stereocenters. The van der Waals surface area contributed by atoms with Crippen LogP contribution in [0.3, 0.4) is 0 Å². The molecule has 0 bridgehead atoms. The molecule has 0 radical (unpaired) electrons. The molecule has 3 N–H and O–H groups in total. The number of hydrogen-bond acceptors (Lipinski definition) is 3. The molecule has 0 aromatic heterocycles. The average molecular weight is 458 g/mol. The van der Waals surface area contributed by atoms with Gasteiger partial charge in [0.1, 0.15) is 0 Å². The fourth-order valence-corrected chi connectivity index (χ4v) is 3.69. The van der Waals surface area contributed by atoms with Gasteiger partial charge in [0.05, 0.1) is 0 Å². The molecular weight excluding hydrogens is 434 g/mol. The van der Waals surface area contributed by atoms with Crippen molar-refractivity contribution in [2.45, 2.75) is 25.7 Å². The molecule has 1 heterocycles. The first-order chi connectivity index (χ1) is 14.0. The zero-order chi connectivity index (χ0) is 20.6. The highest BCUT2D eigenvalue weighted by Gasteiger charge is 2.26. The summed E-state index contributed by atoms with van der Waals surface area (Å²) in [5.41, 5.74) is 2.57. The number of carbonyl (C=O) groups is 3. The molecule has 152 valence electrons. The number of rotatable bonds is 8. The number of anilines is 1. The minimum absolute atomic E-state index is 0.0215. The largest absolute Gasteiger partial charge is 0.356 e. The highest BCUT2D eigenvalue weighted by atomic mass is 79.9. The molecule has 1 aliphatic heterocycles. The first-order valence-corrected chi connectivity index (χ1v) is 10.5. The SMILES string of the molecule is O=C(CCC1Cc2ccccc2NC1=O)NCCCNC(=O)c1cccc(Br)c1. The van der Waals surface area contributed by atoms with Crippen molar-refractivity contribution in [1.29, 1.82) is 0 Å². The lowest BCUT2D eigenvalue weighted by Crippen LogP contribution is -2.32. The number of amides is 3. The molecule has 0 aliphatic carbocycles. The second-order valence-corrected chi connectivity index (χ2v) is 7.97. The van der Waals surface area contributed by atoms with E-state index in [9.17, 15) is 14.4 Å². The van der Waals surface area contributed by atoms with E-state index >= 15 is 0 Å². The zero-order valence-corrected chi connectivity index (χ0v) is 17.6. The average Bonchev–Trinajstić information content (AvgIpc) is 2.71. The van der Waals surface area contributed by atoms with Crippen LogP contribution in [0.5, 0.6) is 0 Å². The molecule has 2 aromatic carbocycles. The molecule has 3 rings (SSSR count). The number of para-hydroxylation sites is 1. The second-order valence-electron chi connectivity index (χ2n) is 7.06. The summed E-state index contributed by atoms with van der Waals surface area (Å²) >= 11 is 3.34. The molecule has 1 aliphatic rings. The van der Waals surface area contributed by atoms with Gasteiger partial charge >= 0.3 is 0 Å². The quantitative estimate of drug-likeness (QED) is 0.531. The van der Waals surface area contributed by atoms with Gasteiger partial charge in [-0.1, -0.05) is 40.2 Å². The lowest BCUT2D eigenvalue weighted by Gasteiger charge is -2.24. The maximum Gasteiger partial charge on any atom is 0.251 e. The Kier molecular flexibility index (Phi) is 7.41. The first-order valence-electron chi connectivity index (χ1n) is 9.72. The second kappa shape index (κ2) is 10.2. The summed E-state index contributed by atoms with van der Waals surface area (Å²) in [6.07, 6.45) is 2.13. The van der Waals surface area contributed by atoms with E-state index in [1.54, 1.807) is 12.1 Å². The third-order valence-electron chi connectivity index (χ3n) is 4.88. The molecule has 0 fully saturated rings. The van der Waals surface area contributed by atoms with Crippen LogP contribution in [-0.4, -0.2) is 30.8 Å². The zero-order valence-electron chi connectivity index (χ0n) is 16.0. The van der Waals surface area contributed by atoms with Gasteiger partial charge < -0.3 is 16.0 Å². The van der Waals surface area contributed by atoms with Crippen molar-refractivity contribution in [3.8, 4) is 0 Å². The molecular formula is C22H24BrN3O3. The predicted molar refractivity (Wildman–Crippen MR) is 116 cm³/mol. The first kappa shape index (κ1) is 21.0. The number of fused-ring (bicyclic) bond motifs is 1. The van der Waals surface area contributed by atoms with Gasteiger partial charge in [0, 0.05) is 41.2 Å². The Bertz CT molecular complexity index is 900. The Morgan fingerprint density at radius 3 is 2.69 bits per heavy atom. The van der Waals surface area contributed by atoms with Crippen molar-refractivity contribution in [2.24, 2.45) is 5.92 Å². The summed E-state index contributed by atoms with van der Waals surface area (Å²) in [4.78, 5) is 36.3. The fraction of sp³-hybridized carbons (Fsp3) is 0.318. The van der Waals surface area contributed by atoms with E-state index in [0.29, 0.717) is 44.3 Å². The molecule has 1 unspecified atom stereocenters. The van der Waals surface area contributed by atoms with Crippen LogP contribution in [0.2, 0.25) is 0 Å². The lowest BCUT2D eigenvalue weighted by atomic mass is 9.89. The standard InChI is InChI=1S/C22H24BrN3O3/c23-18-7-3-6-16(14-18)21(28)25-12-4-11-24-20(27)10-9-17-13-15-5-1-2-8-19(15)26-22(17)29/h1-3,5-8,14,17H,4,9-13H2,(H,24,27)(H,25,28)(H,26,29). The van der Waals surface area contributed by atoms with E-state index in [1.807, 2.05) is 36.4 Å². The molecule has 3 amide bonds. The van der Waals surface area contributed by atoms with Crippen LogP contribution < -0.4 is 16.0 Å². The number of halogens is 1. The highest BCUT2D eigenvalue weighted by molar-refractivity contribution is 9.10. The third-order valence-corrected chi connectivity index (χ3v) is 5.37. The maximum atomic E-state index is 12.2.